The van der Waals surface area contributed by atoms with Gasteiger partial charge in [-0.2, -0.15) is 0 Å². The summed E-state index contributed by atoms with van der Waals surface area (Å²) in [5.41, 5.74) is 7.74. The Kier molecular flexibility index (Phi) is 7.06. The molecule has 0 radical (unpaired) electrons. The summed E-state index contributed by atoms with van der Waals surface area (Å²) in [4.78, 5) is 0.354. The van der Waals surface area contributed by atoms with Crippen molar-refractivity contribution in [3.63, 3.8) is 0 Å². The SMILES string of the molecule is CC(C)CNS(=O)(=O)c1ccccc1CCCCc1cccc(N)c1O. The number of nitrogens with one attached hydrogen (secondary N) is 1. The van der Waals surface area contributed by atoms with Crippen LogP contribution >= 0.6 is 0 Å². The number of nitrogens with two attached hydrogens (primary N) is 1. The maximum atomic E-state index is 12.5. The molecule has 0 fully saturated rings. The first-order valence-electron chi connectivity index (χ1n) is 8.95. The molecule has 26 heavy (non-hydrogen) atoms. The highest BCUT2D eigenvalue weighted by Gasteiger charge is 2.17. The van der Waals surface area contributed by atoms with E-state index in [1.165, 1.54) is 0 Å². The molecular formula is C20H28N2O3S. The van der Waals surface area contributed by atoms with Crippen molar-refractivity contribution in [1.82, 2.24) is 4.72 Å². The Morgan fingerprint density at radius 2 is 1.62 bits per heavy atom. The molecular weight excluding hydrogens is 348 g/mol. The van der Waals surface area contributed by atoms with Crippen LogP contribution in [0.1, 0.15) is 37.8 Å². The third-order valence-electron chi connectivity index (χ3n) is 4.24. The monoisotopic (exact) mass is 376 g/mol. The van der Waals surface area contributed by atoms with Crippen molar-refractivity contribution in [2.75, 3.05) is 12.3 Å². The van der Waals surface area contributed by atoms with Crippen LogP contribution in [0.2, 0.25) is 0 Å². The van der Waals surface area contributed by atoms with E-state index >= 15 is 0 Å². The molecule has 0 spiro atoms. The maximum absolute atomic E-state index is 12.5. The lowest BCUT2D eigenvalue weighted by molar-refractivity contribution is 0.469. The Hall–Kier alpha value is -2.05. The number of para-hydroxylation sites is 1. The smallest absolute Gasteiger partial charge is 0.240 e. The van der Waals surface area contributed by atoms with E-state index in [1.54, 1.807) is 18.2 Å². The molecule has 0 saturated carbocycles. The van der Waals surface area contributed by atoms with E-state index in [4.69, 9.17) is 5.73 Å². The fourth-order valence-corrected chi connectivity index (χ4v) is 4.25. The third kappa shape index (κ3) is 5.47. The zero-order chi connectivity index (χ0) is 19.2. The Labute approximate surface area is 156 Å². The average Bonchev–Trinajstić information content (AvgIpc) is 2.61. The summed E-state index contributed by atoms with van der Waals surface area (Å²) in [6.45, 7) is 4.37. The van der Waals surface area contributed by atoms with Gasteiger partial charge in [0.25, 0.3) is 0 Å². The van der Waals surface area contributed by atoms with Crippen LogP contribution in [0, 0.1) is 5.92 Å². The molecule has 5 nitrogen and oxygen atoms in total. The van der Waals surface area contributed by atoms with Gasteiger partial charge in [0.05, 0.1) is 10.6 Å². The number of aromatic hydroxyl groups is 1. The van der Waals surface area contributed by atoms with Crippen molar-refractivity contribution >= 4 is 15.7 Å². The lowest BCUT2D eigenvalue weighted by Crippen LogP contribution is -2.28. The first-order chi connectivity index (χ1) is 12.3. The Morgan fingerprint density at radius 3 is 2.31 bits per heavy atom. The van der Waals surface area contributed by atoms with Crippen LogP contribution in [-0.4, -0.2) is 20.1 Å². The van der Waals surface area contributed by atoms with Gasteiger partial charge < -0.3 is 10.8 Å². The number of anilines is 1. The third-order valence-corrected chi connectivity index (χ3v) is 5.76. The van der Waals surface area contributed by atoms with Gasteiger partial charge in [-0.15, -0.1) is 0 Å². The number of phenols is 1. The van der Waals surface area contributed by atoms with Gasteiger partial charge in [0.1, 0.15) is 5.75 Å². The van der Waals surface area contributed by atoms with Gasteiger partial charge in [0.15, 0.2) is 0 Å². The Balaban J connectivity index is 1.99. The molecule has 0 aromatic heterocycles. The zero-order valence-corrected chi connectivity index (χ0v) is 16.2. The number of benzene rings is 2. The molecule has 0 aliphatic carbocycles. The molecule has 0 aliphatic rings. The van der Waals surface area contributed by atoms with Crippen LogP contribution in [0.4, 0.5) is 5.69 Å². The highest BCUT2D eigenvalue weighted by Crippen LogP contribution is 2.26. The molecule has 0 amide bonds. The van der Waals surface area contributed by atoms with Crippen LogP contribution in [0.15, 0.2) is 47.4 Å². The minimum Gasteiger partial charge on any atom is -0.506 e. The molecule has 0 bridgehead atoms. The summed E-state index contributed by atoms with van der Waals surface area (Å²) < 4.78 is 27.7. The summed E-state index contributed by atoms with van der Waals surface area (Å²) in [5, 5.41) is 9.96. The summed E-state index contributed by atoms with van der Waals surface area (Å²) in [5.74, 6) is 0.399. The van der Waals surface area contributed by atoms with Gasteiger partial charge in [0, 0.05) is 6.54 Å². The largest absolute Gasteiger partial charge is 0.506 e. The number of nitrogen functional groups attached to an aromatic ring is 1. The second-order valence-electron chi connectivity index (χ2n) is 6.92. The fraction of sp³-hybridized carbons (Fsp3) is 0.400. The predicted octanol–water partition coefficient (Wildman–Crippen LogP) is 3.47. The quantitative estimate of drug-likeness (QED) is 0.355. The lowest BCUT2D eigenvalue weighted by atomic mass is 10.0. The van der Waals surface area contributed by atoms with Crippen LogP contribution in [0.3, 0.4) is 0 Å². The van der Waals surface area contributed by atoms with E-state index in [2.05, 4.69) is 4.72 Å². The van der Waals surface area contributed by atoms with Crippen molar-refractivity contribution in [2.45, 2.75) is 44.4 Å². The van der Waals surface area contributed by atoms with E-state index < -0.39 is 10.0 Å². The van der Waals surface area contributed by atoms with E-state index in [-0.39, 0.29) is 11.7 Å². The van der Waals surface area contributed by atoms with Gasteiger partial charge >= 0.3 is 0 Å². The topological polar surface area (TPSA) is 92.4 Å². The minimum atomic E-state index is -3.49. The summed E-state index contributed by atoms with van der Waals surface area (Å²) in [6.07, 6.45) is 3.04. The molecule has 0 atom stereocenters. The van der Waals surface area contributed by atoms with Crippen molar-refractivity contribution in [1.29, 1.82) is 0 Å². The van der Waals surface area contributed by atoms with Gasteiger partial charge in [-0.05, 0) is 54.9 Å². The first kappa shape index (κ1) is 20.3. The molecule has 0 saturated heterocycles. The number of hydrogen-bond acceptors (Lipinski definition) is 4. The average molecular weight is 377 g/mol. The van der Waals surface area contributed by atoms with E-state index in [0.717, 1.165) is 24.0 Å². The first-order valence-corrected chi connectivity index (χ1v) is 10.4. The second kappa shape index (κ2) is 9.05. The van der Waals surface area contributed by atoms with E-state index in [9.17, 15) is 13.5 Å². The van der Waals surface area contributed by atoms with Crippen molar-refractivity contribution in [3.05, 3.63) is 53.6 Å². The number of unbranched alkanes of at least 4 members (excludes halogenated alkanes) is 1. The van der Waals surface area contributed by atoms with Crippen molar-refractivity contribution in [3.8, 4) is 5.75 Å². The molecule has 2 rings (SSSR count). The van der Waals surface area contributed by atoms with Gasteiger partial charge in [-0.25, -0.2) is 13.1 Å². The van der Waals surface area contributed by atoms with E-state index in [1.807, 2.05) is 38.1 Å². The predicted molar refractivity (Wildman–Crippen MR) is 106 cm³/mol. The highest BCUT2D eigenvalue weighted by atomic mass is 32.2. The molecule has 0 aliphatic heterocycles. The lowest BCUT2D eigenvalue weighted by Gasteiger charge is -2.13. The number of sulfonamides is 1. The molecule has 142 valence electrons. The summed E-state index contributed by atoms with van der Waals surface area (Å²) >= 11 is 0. The van der Waals surface area contributed by atoms with Crippen LogP contribution in [-0.2, 0) is 22.9 Å². The van der Waals surface area contributed by atoms with Crippen LogP contribution in [0.5, 0.6) is 5.75 Å². The number of phenolic OH excluding ortho intramolecular Hbond substituents is 1. The van der Waals surface area contributed by atoms with Crippen molar-refractivity contribution < 1.29 is 13.5 Å². The Morgan fingerprint density at radius 1 is 1.00 bits per heavy atom. The second-order valence-corrected chi connectivity index (χ2v) is 8.65. The Bertz CT molecular complexity index is 833. The molecule has 0 unspecified atom stereocenters. The van der Waals surface area contributed by atoms with Crippen molar-refractivity contribution in [2.24, 2.45) is 5.92 Å². The number of hydrogen-bond donors (Lipinski definition) is 3. The van der Waals surface area contributed by atoms with Crippen LogP contribution in [0.25, 0.3) is 0 Å². The maximum Gasteiger partial charge on any atom is 0.240 e. The highest BCUT2D eigenvalue weighted by molar-refractivity contribution is 7.89. The van der Waals surface area contributed by atoms with Gasteiger partial charge in [0.2, 0.25) is 10.0 Å². The molecule has 2 aromatic carbocycles. The summed E-state index contributed by atoms with van der Waals surface area (Å²) in [6, 6.07) is 12.5. The molecule has 6 heteroatoms. The number of aryl methyl sites for hydroxylation is 2. The van der Waals surface area contributed by atoms with Crippen LogP contribution < -0.4 is 10.5 Å². The molecule has 0 heterocycles. The standard InChI is InChI=1S/C20H28N2O3S/c1-15(2)14-22-26(24,25)19-13-6-5-9-16(19)8-3-4-10-17-11-7-12-18(21)20(17)23/h5-7,9,11-13,15,22-23H,3-4,8,10,14,21H2,1-2H3. The normalized spacial score (nSPS) is 11.8. The molecule has 2 aromatic rings. The zero-order valence-electron chi connectivity index (χ0n) is 15.4. The summed E-state index contributed by atoms with van der Waals surface area (Å²) in [7, 11) is -3.49. The molecule has 4 N–H and O–H groups in total. The fourth-order valence-electron chi connectivity index (χ4n) is 2.77. The number of rotatable bonds is 9. The van der Waals surface area contributed by atoms with E-state index in [0.29, 0.717) is 30.0 Å². The van der Waals surface area contributed by atoms with Gasteiger partial charge in [-0.3, -0.25) is 0 Å². The minimum absolute atomic E-state index is 0.147. The van der Waals surface area contributed by atoms with Gasteiger partial charge in [-0.1, -0.05) is 44.2 Å².